The second kappa shape index (κ2) is 7.05. The topological polar surface area (TPSA) is 60.2 Å². The van der Waals surface area contributed by atoms with Gasteiger partial charge in [0.2, 0.25) is 11.7 Å². The maximum atomic E-state index is 5.68. The average Bonchev–Trinajstić information content (AvgIpc) is 2.84. The van der Waals surface area contributed by atoms with Crippen LogP contribution < -0.4 is 10.1 Å². The summed E-state index contributed by atoms with van der Waals surface area (Å²) in [6.45, 7) is 5.38. The molecule has 0 spiro atoms. The SMILES string of the molecule is CNCc1cccc(OCc2noc(CC(C)C)n2)c1. The second-order valence-corrected chi connectivity index (χ2v) is 5.17. The maximum absolute atomic E-state index is 5.68. The van der Waals surface area contributed by atoms with Gasteiger partial charge in [-0.1, -0.05) is 31.1 Å². The van der Waals surface area contributed by atoms with Crippen molar-refractivity contribution >= 4 is 0 Å². The summed E-state index contributed by atoms with van der Waals surface area (Å²) in [5.74, 6) is 2.57. The highest BCUT2D eigenvalue weighted by Gasteiger charge is 2.08. The Bertz CT molecular complexity index is 537. The van der Waals surface area contributed by atoms with E-state index in [9.17, 15) is 0 Å². The van der Waals surface area contributed by atoms with Crippen molar-refractivity contribution in [2.45, 2.75) is 33.4 Å². The Kier molecular flexibility index (Phi) is 5.12. The van der Waals surface area contributed by atoms with Crippen molar-refractivity contribution in [3.8, 4) is 5.75 Å². The Morgan fingerprint density at radius 3 is 2.95 bits per heavy atom. The molecule has 1 N–H and O–H groups in total. The summed E-state index contributed by atoms with van der Waals surface area (Å²) >= 11 is 0. The fourth-order valence-corrected chi connectivity index (χ4v) is 1.88. The lowest BCUT2D eigenvalue weighted by atomic mass is 10.1. The van der Waals surface area contributed by atoms with Gasteiger partial charge in [0.05, 0.1) is 0 Å². The zero-order valence-electron chi connectivity index (χ0n) is 12.2. The zero-order valence-corrected chi connectivity index (χ0v) is 12.2. The molecular weight excluding hydrogens is 254 g/mol. The predicted octanol–water partition coefficient (Wildman–Crippen LogP) is 2.57. The molecule has 2 rings (SSSR count). The molecular formula is C15H21N3O2. The number of nitrogens with one attached hydrogen (secondary N) is 1. The van der Waals surface area contributed by atoms with Gasteiger partial charge in [-0.05, 0) is 30.7 Å². The molecule has 1 aromatic carbocycles. The van der Waals surface area contributed by atoms with Crippen LogP contribution in [0.2, 0.25) is 0 Å². The van der Waals surface area contributed by atoms with Crippen LogP contribution in [0.3, 0.4) is 0 Å². The molecule has 0 atom stereocenters. The lowest BCUT2D eigenvalue weighted by Crippen LogP contribution is -2.05. The third-order valence-electron chi connectivity index (χ3n) is 2.74. The summed E-state index contributed by atoms with van der Waals surface area (Å²) in [4.78, 5) is 4.31. The number of benzene rings is 1. The minimum absolute atomic E-state index is 0.324. The summed E-state index contributed by atoms with van der Waals surface area (Å²) in [6.07, 6.45) is 0.796. The van der Waals surface area contributed by atoms with Crippen molar-refractivity contribution in [2.75, 3.05) is 7.05 Å². The Hall–Kier alpha value is -1.88. The summed E-state index contributed by atoms with van der Waals surface area (Å²) in [5, 5.41) is 7.03. The van der Waals surface area contributed by atoms with E-state index in [0.29, 0.717) is 24.2 Å². The number of ether oxygens (including phenoxy) is 1. The van der Waals surface area contributed by atoms with E-state index in [-0.39, 0.29) is 0 Å². The van der Waals surface area contributed by atoms with Crippen LogP contribution in [0.5, 0.6) is 5.75 Å². The molecule has 0 bridgehead atoms. The summed E-state index contributed by atoms with van der Waals surface area (Å²) in [7, 11) is 1.92. The van der Waals surface area contributed by atoms with E-state index in [1.807, 2.05) is 25.2 Å². The van der Waals surface area contributed by atoms with Crippen molar-refractivity contribution in [1.82, 2.24) is 15.5 Å². The highest BCUT2D eigenvalue weighted by molar-refractivity contribution is 5.28. The molecule has 0 unspecified atom stereocenters. The largest absolute Gasteiger partial charge is 0.485 e. The third kappa shape index (κ3) is 4.35. The van der Waals surface area contributed by atoms with Gasteiger partial charge in [0.1, 0.15) is 5.75 Å². The molecule has 1 aromatic heterocycles. The summed E-state index contributed by atoms with van der Waals surface area (Å²) in [6, 6.07) is 7.96. The molecule has 0 radical (unpaired) electrons. The molecule has 0 saturated carbocycles. The molecule has 1 heterocycles. The molecule has 0 aliphatic carbocycles. The van der Waals surface area contributed by atoms with E-state index >= 15 is 0 Å². The Morgan fingerprint density at radius 2 is 2.20 bits per heavy atom. The van der Waals surface area contributed by atoms with E-state index in [0.717, 1.165) is 18.7 Å². The van der Waals surface area contributed by atoms with Gasteiger partial charge in [-0.2, -0.15) is 4.98 Å². The molecule has 108 valence electrons. The average molecular weight is 275 g/mol. The number of rotatable bonds is 7. The molecule has 0 fully saturated rings. The summed E-state index contributed by atoms with van der Waals surface area (Å²) in [5.41, 5.74) is 1.18. The van der Waals surface area contributed by atoms with Crippen molar-refractivity contribution in [3.05, 3.63) is 41.5 Å². The van der Waals surface area contributed by atoms with Crippen molar-refractivity contribution in [1.29, 1.82) is 0 Å². The van der Waals surface area contributed by atoms with Gasteiger partial charge < -0.3 is 14.6 Å². The van der Waals surface area contributed by atoms with E-state index < -0.39 is 0 Å². The Balaban J connectivity index is 1.91. The minimum Gasteiger partial charge on any atom is -0.485 e. The first-order valence-electron chi connectivity index (χ1n) is 6.85. The molecule has 20 heavy (non-hydrogen) atoms. The predicted molar refractivity (Wildman–Crippen MR) is 76.4 cm³/mol. The van der Waals surface area contributed by atoms with Crippen LogP contribution in [0, 0.1) is 5.92 Å². The lowest BCUT2D eigenvalue weighted by Gasteiger charge is -2.05. The molecule has 5 nitrogen and oxygen atoms in total. The van der Waals surface area contributed by atoms with Crippen molar-refractivity contribution in [3.63, 3.8) is 0 Å². The van der Waals surface area contributed by atoms with Gasteiger partial charge in [0, 0.05) is 13.0 Å². The molecule has 0 saturated heterocycles. The first-order valence-corrected chi connectivity index (χ1v) is 6.85. The molecule has 2 aromatic rings. The van der Waals surface area contributed by atoms with Crippen LogP contribution in [-0.2, 0) is 19.6 Å². The molecule has 0 amide bonds. The fraction of sp³-hybridized carbons (Fsp3) is 0.467. The van der Waals surface area contributed by atoms with Crippen LogP contribution in [0.1, 0.15) is 31.1 Å². The Morgan fingerprint density at radius 1 is 1.35 bits per heavy atom. The molecule has 0 aliphatic heterocycles. The van der Waals surface area contributed by atoms with Gasteiger partial charge in [0.15, 0.2) is 6.61 Å². The van der Waals surface area contributed by atoms with Gasteiger partial charge in [-0.25, -0.2) is 0 Å². The normalized spacial score (nSPS) is 11.0. The fourth-order valence-electron chi connectivity index (χ4n) is 1.88. The van der Waals surface area contributed by atoms with E-state index in [4.69, 9.17) is 9.26 Å². The zero-order chi connectivity index (χ0) is 14.4. The monoisotopic (exact) mass is 275 g/mol. The number of hydrogen-bond acceptors (Lipinski definition) is 5. The van der Waals surface area contributed by atoms with Crippen LogP contribution in [0.4, 0.5) is 0 Å². The van der Waals surface area contributed by atoms with Crippen LogP contribution in [0.25, 0.3) is 0 Å². The van der Waals surface area contributed by atoms with Crippen molar-refractivity contribution < 1.29 is 9.26 Å². The second-order valence-electron chi connectivity index (χ2n) is 5.17. The maximum Gasteiger partial charge on any atom is 0.227 e. The molecule has 0 aliphatic rings. The lowest BCUT2D eigenvalue weighted by molar-refractivity contribution is 0.284. The quantitative estimate of drug-likeness (QED) is 0.841. The van der Waals surface area contributed by atoms with Gasteiger partial charge in [-0.15, -0.1) is 0 Å². The number of aromatic nitrogens is 2. The van der Waals surface area contributed by atoms with Gasteiger partial charge in [-0.3, -0.25) is 0 Å². The van der Waals surface area contributed by atoms with E-state index in [2.05, 4.69) is 35.4 Å². The van der Waals surface area contributed by atoms with E-state index in [1.165, 1.54) is 5.56 Å². The standard InChI is InChI=1S/C15H21N3O2/c1-11(2)7-15-17-14(18-20-15)10-19-13-6-4-5-12(8-13)9-16-3/h4-6,8,11,16H,7,9-10H2,1-3H3. The van der Waals surface area contributed by atoms with Gasteiger partial charge in [0.25, 0.3) is 0 Å². The highest BCUT2D eigenvalue weighted by Crippen LogP contribution is 2.15. The Labute approximate surface area is 119 Å². The minimum atomic E-state index is 0.324. The van der Waals surface area contributed by atoms with Crippen LogP contribution in [-0.4, -0.2) is 17.2 Å². The highest BCUT2D eigenvalue weighted by atomic mass is 16.5. The number of hydrogen-bond donors (Lipinski definition) is 1. The molecule has 5 heteroatoms. The first kappa shape index (κ1) is 14.5. The third-order valence-corrected chi connectivity index (χ3v) is 2.74. The van der Waals surface area contributed by atoms with Crippen LogP contribution in [0.15, 0.2) is 28.8 Å². The smallest absolute Gasteiger partial charge is 0.227 e. The van der Waals surface area contributed by atoms with Crippen molar-refractivity contribution in [2.24, 2.45) is 5.92 Å². The first-order chi connectivity index (χ1) is 9.67. The van der Waals surface area contributed by atoms with E-state index in [1.54, 1.807) is 0 Å². The number of nitrogens with zero attached hydrogens (tertiary/aromatic N) is 2. The van der Waals surface area contributed by atoms with Gasteiger partial charge >= 0.3 is 0 Å². The summed E-state index contributed by atoms with van der Waals surface area (Å²) < 4.78 is 10.9. The van der Waals surface area contributed by atoms with Crippen LogP contribution >= 0.6 is 0 Å².